The van der Waals surface area contributed by atoms with Gasteiger partial charge in [0.2, 0.25) is 0 Å². The molecule has 0 aromatic heterocycles. The number of carboxylic acids is 1. The summed E-state index contributed by atoms with van der Waals surface area (Å²) in [5.41, 5.74) is 5.28. The highest BCUT2D eigenvalue weighted by atomic mass is 31.2. The molecule has 0 saturated carbocycles. The lowest BCUT2D eigenvalue weighted by Crippen LogP contribution is -2.42. The summed E-state index contributed by atoms with van der Waals surface area (Å²) in [5.74, 6) is -2.50. The number of hydrogen-bond acceptors (Lipinski definition) is 4. The molecule has 0 rings (SSSR count). The summed E-state index contributed by atoms with van der Waals surface area (Å²) in [5, 5.41) is 11.3. The van der Waals surface area contributed by atoms with E-state index in [1.165, 1.54) is 0 Å². The Bertz CT molecular complexity index is 304. The molecule has 0 aliphatic heterocycles. The predicted molar refractivity (Wildman–Crippen MR) is 63.5 cm³/mol. The molecule has 1 unspecified atom stereocenters. The summed E-state index contributed by atoms with van der Waals surface area (Å²) >= 11 is 0. The smallest absolute Gasteiger partial charge is 0.346 e. The Morgan fingerprint density at radius 1 is 1.47 bits per heavy atom. The van der Waals surface area contributed by atoms with Crippen molar-refractivity contribution in [2.45, 2.75) is 31.1 Å². The number of nitrogens with two attached hydrogens (primary N) is 1. The zero-order chi connectivity index (χ0) is 13.5. The first kappa shape index (κ1) is 16.3. The normalized spacial score (nSPS) is 15.2. The van der Waals surface area contributed by atoms with E-state index < -0.39 is 25.4 Å². The molecule has 7 nitrogen and oxygen atoms in total. The Kier molecular flexibility index (Phi) is 7.26. The number of carbonyl (C=O) groups is 1. The van der Waals surface area contributed by atoms with Gasteiger partial charge in [0.05, 0.1) is 0 Å². The van der Waals surface area contributed by atoms with Crippen LogP contribution in [0.15, 0.2) is 12.7 Å². The molecular weight excluding hydrogens is 247 g/mol. The average molecular weight is 266 g/mol. The van der Waals surface area contributed by atoms with Crippen LogP contribution in [0.2, 0.25) is 0 Å². The van der Waals surface area contributed by atoms with Crippen LogP contribution in [0.4, 0.5) is 0 Å². The highest BCUT2D eigenvalue weighted by Gasteiger charge is 2.30. The standard InChI is InChI=1S/C9H19N2O5P/c1-2-8(17(14,15)16)11-7(9(12)13)5-3-4-6-10/h2,7-8,11H,1,3-6,10H2,(H,12,13)(H2,14,15,16)/t7-,8?/m0/s1. The van der Waals surface area contributed by atoms with Crippen LogP contribution in [-0.4, -0.2) is 39.2 Å². The van der Waals surface area contributed by atoms with Crippen molar-refractivity contribution in [2.24, 2.45) is 5.73 Å². The summed E-state index contributed by atoms with van der Waals surface area (Å²) in [6.45, 7) is 3.72. The Morgan fingerprint density at radius 3 is 2.41 bits per heavy atom. The molecule has 0 heterocycles. The van der Waals surface area contributed by atoms with Crippen molar-refractivity contribution in [3.8, 4) is 0 Å². The van der Waals surface area contributed by atoms with E-state index in [-0.39, 0.29) is 6.42 Å². The van der Waals surface area contributed by atoms with Crippen molar-refractivity contribution in [3.63, 3.8) is 0 Å². The number of unbranched alkanes of at least 4 members (excludes halogenated alkanes) is 1. The summed E-state index contributed by atoms with van der Waals surface area (Å²) in [7, 11) is -4.43. The van der Waals surface area contributed by atoms with E-state index in [2.05, 4.69) is 11.9 Å². The van der Waals surface area contributed by atoms with E-state index in [1.807, 2.05) is 0 Å². The number of aliphatic carboxylic acids is 1. The maximum atomic E-state index is 11.0. The molecule has 17 heavy (non-hydrogen) atoms. The van der Waals surface area contributed by atoms with Gasteiger partial charge < -0.3 is 20.6 Å². The Labute approximate surface area is 99.9 Å². The van der Waals surface area contributed by atoms with Crippen LogP contribution in [0.1, 0.15) is 19.3 Å². The zero-order valence-electron chi connectivity index (χ0n) is 9.45. The minimum atomic E-state index is -4.43. The van der Waals surface area contributed by atoms with Gasteiger partial charge in [-0.05, 0) is 19.4 Å². The first-order chi connectivity index (χ1) is 7.82. The Balaban J connectivity index is 4.47. The highest BCUT2D eigenvalue weighted by Crippen LogP contribution is 2.40. The molecular formula is C9H19N2O5P. The molecule has 0 aromatic carbocycles. The van der Waals surface area contributed by atoms with Gasteiger partial charge in [0.15, 0.2) is 0 Å². The average Bonchev–Trinajstić information content (AvgIpc) is 2.20. The Hall–Kier alpha value is -0.720. The van der Waals surface area contributed by atoms with E-state index >= 15 is 0 Å². The summed E-state index contributed by atoms with van der Waals surface area (Å²) in [4.78, 5) is 28.8. The lowest BCUT2D eigenvalue weighted by Gasteiger charge is -2.21. The number of nitrogens with one attached hydrogen (secondary N) is 1. The van der Waals surface area contributed by atoms with Crippen molar-refractivity contribution in [3.05, 3.63) is 12.7 Å². The van der Waals surface area contributed by atoms with Crippen molar-refractivity contribution in [2.75, 3.05) is 6.54 Å². The van der Waals surface area contributed by atoms with Crippen molar-refractivity contribution < 1.29 is 24.3 Å². The first-order valence-electron chi connectivity index (χ1n) is 5.19. The highest BCUT2D eigenvalue weighted by molar-refractivity contribution is 7.52. The molecule has 100 valence electrons. The third-order valence-corrected chi connectivity index (χ3v) is 3.29. The molecule has 0 fully saturated rings. The van der Waals surface area contributed by atoms with Gasteiger partial charge in [0.1, 0.15) is 11.8 Å². The second kappa shape index (κ2) is 7.58. The second-order valence-electron chi connectivity index (χ2n) is 3.61. The minimum Gasteiger partial charge on any atom is -0.480 e. The maximum Gasteiger partial charge on any atom is 0.346 e. The van der Waals surface area contributed by atoms with Crippen LogP contribution in [-0.2, 0) is 9.36 Å². The third-order valence-electron chi connectivity index (χ3n) is 2.20. The fourth-order valence-electron chi connectivity index (χ4n) is 1.28. The molecule has 0 bridgehead atoms. The van der Waals surface area contributed by atoms with E-state index in [9.17, 15) is 9.36 Å². The van der Waals surface area contributed by atoms with Gasteiger partial charge in [0.25, 0.3) is 0 Å². The summed E-state index contributed by atoms with van der Waals surface area (Å²) in [6, 6.07) is -1.02. The first-order valence-corrected chi connectivity index (χ1v) is 6.87. The van der Waals surface area contributed by atoms with Crippen molar-refractivity contribution >= 4 is 13.6 Å². The van der Waals surface area contributed by atoms with Gasteiger partial charge in [-0.2, -0.15) is 0 Å². The fraction of sp³-hybridized carbons (Fsp3) is 0.667. The van der Waals surface area contributed by atoms with Gasteiger partial charge in [-0.3, -0.25) is 14.7 Å². The molecule has 0 spiro atoms. The molecule has 0 aromatic rings. The van der Waals surface area contributed by atoms with Crippen LogP contribution in [0.3, 0.4) is 0 Å². The third kappa shape index (κ3) is 6.55. The molecule has 0 radical (unpaired) electrons. The van der Waals surface area contributed by atoms with Gasteiger partial charge in [-0.1, -0.05) is 12.5 Å². The molecule has 0 aliphatic rings. The monoisotopic (exact) mass is 266 g/mol. The number of hydrogen-bond donors (Lipinski definition) is 5. The van der Waals surface area contributed by atoms with Gasteiger partial charge >= 0.3 is 13.6 Å². The topological polar surface area (TPSA) is 133 Å². The van der Waals surface area contributed by atoms with Gasteiger partial charge in [-0.15, -0.1) is 6.58 Å². The van der Waals surface area contributed by atoms with Crippen molar-refractivity contribution in [1.82, 2.24) is 5.32 Å². The van der Waals surface area contributed by atoms with Crippen LogP contribution in [0.25, 0.3) is 0 Å². The quantitative estimate of drug-likeness (QED) is 0.222. The van der Waals surface area contributed by atoms with E-state index in [4.69, 9.17) is 20.6 Å². The fourth-order valence-corrected chi connectivity index (χ4v) is 1.93. The lowest BCUT2D eigenvalue weighted by molar-refractivity contribution is -0.139. The largest absolute Gasteiger partial charge is 0.480 e. The zero-order valence-corrected chi connectivity index (χ0v) is 10.3. The molecule has 0 amide bonds. The number of rotatable bonds is 9. The molecule has 0 aliphatic carbocycles. The van der Waals surface area contributed by atoms with Gasteiger partial charge in [-0.25, -0.2) is 0 Å². The maximum absolute atomic E-state index is 11.0. The van der Waals surface area contributed by atoms with Crippen LogP contribution in [0.5, 0.6) is 0 Å². The second-order valence-corrected chi connectivity index (χ2v) is 5.35. The SMILES string of the molecule is C=CC(N[C@@H](CCCCN)C(=O)O)P(=O)(O)O. The molecule has 6 N–H and O–H groups in total. The lowest BCUT2D eigenvalue weighted by atomic mass is 10.1. The van der Waals surface area contributed by atoms with E-state index in [0.29, 0.717) is 19.4 Å². The molecule has 2 atom stereocenters. The van der Waals surface area contributed by atoms with E-state index in [0.717, 1.165) is 6.08 Å². The summed E-state index contributed by atoms with van der Waals surface area (Å²) in [6.07, 6.45) is 2.52. The molecule has 0 saturated heterocycles. The van der Waals surface area contributed by atoms with Crippen LogP contribution >= 0.6 is 7.60 Å². The predicted octanol–water partition coefficient (Wildman–Crippen LogP) is -0.152. The van der Waals surface area contributed by atoms with Crippen LogP contribution in [0, 0.1) is 0 Å². The van der Waals surface area contributed by atoms with Crippen LogP contribution < -0.4 is 11.1 Å². The summed E-state index contributed by atoms with van der Waals surface area (Å²) < 4.78 is 11.0. The number of carboxylic acid groups (broad SMARTS) is 1. The van der Waals surface area contributed by atoms with Crippen molar-refractivity contribution in [1.29, 1.82) is 0 Å². The van der Waals surface area contributed by atoms with E-state index in [1.54, 1.807) is 0 Å². The molecule has 8 heteroatoms. The minimum absolute atomic E-state index is 0.261. The Morgan fingerprint density at radius 2 is 2.06 bits per heavy atom. The van der Waals surface area contributed by atoms with Gasteiger partial charge in [0, 0.05) is 0 Å².